The lowest BCUT2D eigenvalue weighted by atomic mass is 10.1. The number of rotatable bonds is 8. The number of ether oxygens (including phenoxy) is 2. The van der Waals surface area contributed by atoms with Gasteiger partial charge in [-0.2, -0.15) is 0 Å². The number of carboxylic acid groups (broad SMARTS) is 1. The molecule has 0 saturated heterocycles. The first-order chi connectivity index (χ1) is 13.7. The van der Waals surface area contributed by atoms with Crippen molar-refractivity contribution in [3.8, 4) is 11.5 Å². The molecule has 154 valence electrons. The maximum absolute atomic E-state index is 13.2. The average Bonchev–Trinajstić information content (AvgIpc) is 3.04. The van der Waals surface area contributed by atoms with Crippen molar-refractivity contribution in [1.29, 1.82) is 0 Å². The molecule has 0 aliphatic carbocycles. The number of hydrogen-bond donors (Lipinski definition) is 1. The van der Waals surface area contributed by atoms with Gasteiger partial charge < -0.3 is 14.6 Å². The first kappa shape index (κ1) is 20.7. The summed E-state index contributed by atoms with van der Waals surface area (Å²) in [5.41, 5.74) is 1.10. The van der Waals surface area contributed by atoms with Crippen molar-refractivity contribution in [3.63, 3.8) is 0 Å². The lowest BCUT2D eigenvalue weighted by molar-refractivity contribution is -0.136. The third-order valence-electron chi connectivity index (χ3n) is 4.42. The van der Waals surface area contributed by atoms with Crippen molar-refractivity contribution in [3.05, 3.63) is 54.2 Å². The summed E-state index contributed by atoms with van der Waals surface area (Å²) in [6.45, 7) is 3.80. The van der Waals surface area contributed by atoms with Gasteiger partial charge in [0, 0.05) is 18.0 Å². The number of fused-ring (bicyclic) bond motifs is 1. The van der Waals surface area contributed by atoms with E-state index >= 15 is 0 Å². The fraction of sp³-hybridized carbons (Fsp3) is 0.286. The fourth-order valence-electron chi connectivity index (χ4n) is 3.09. The SMILES string of the molecule is COc1ccc(S(=O)(=O)n2cc(CCC(=O)O)c3cc(OC(C)C)ccc32)cc1. The quantitative estimate of drug-likeness (QED) is 0.601. The molecule has 0 aliphatic heterocycles. The van der Waals surface area contributed by atoms with Crippen molar-refractivity contribution < 1.29 is 27.8 Å². The number of carboxylic acids is 1. The zero-order chi connectivity index (χ0) is 21.2. The van der Waals surface area contributed by atoms with Gasteiger partial charge in [-0.1, -0.05) is 0 Å². The molecule has 0 fully saturated rings. The number of aromatic nitrogens is 1. The lowest BCUT2D eigenvalue weighted by Crippen LogP contribution is -2.12. The van der Waals surface area contributed by atoms with E-state index < -0.39 is 16.0 Å². The molecule has 0 aliphatic rings. The lowest BCUT2D eigenvalue weighted by Gasteiger charge is -2.11. The van der Waals surface area contributed by atoms with E-state index in [4.69, 9.17) is 14.6 Å². The Morgan fingerprint density at radius 3 is 2.34 bits per heavy atom. The summed E-state index contributed by atoms with van der Waals surface area (Å²) in [5.74, 6) is 0.209. The Bertz CT molecular complexity index is 1130. The molecule has 3 aromatic rings. The van der Waals surface area contributed by atoms with Crippen LogP contribution < -0.4 is 9.47 Å². The molecule has 8 heteroatoms. The van der Waals surface area contributed by atoms with Crippen molar-refractivity contribution in [2.75, 3.05) is 7.11 Å². The summed E-state index contributed by atoms with van der Waals surface area (Å²) >= 11 is 0. The van der Waals surface area contributed by atoms with E-state index in [-0.39, 0.29) is 23.8 Å². The van der Waals surface area contributed by atoms with Gasteiger partial charge in [0.05, 0.1) is 23.6 Å². The van der Waals surface area contributed by atoms with Crippen LogP contribution in [-0.4, -0.2) is 36.7 Å². The Morgan fingerprint density at radius 1 is 1.10 bits per heavy atom. The molecule has 0 atom stereocenters. The molecule has 0 bridgehead atoms. The normalized spacial score (nSPS) is 11.7. The largest absolute Gasteiger partial charge is 0.497 e. The van der Waals surface area contributed by atoms with E-state index in [1.54, 1.807) is 30.3 Å². The van der Waals surface area contributed by atoms with Crippen LogP contribution in [0.15, 0.2) is 53.6 Å². The van der Waals surface area contributed by atoms with Gasteiger partial charge in [-0.15, -0.1) is 0 Å². The minimum Gasteiger partial charge on any atom is -0.497 e. The van der Waals surface area contributed by atoms with Crippen LogP contribution in [-0.2, 0) is 21.2 Å². The molecule has 0 saturated carbocycles. The van der Waals surface area contributed by atoms with Crippen LogP contribution >= 0.6 is 0 Å². The van der Waals surface area contributed by atoms with Gasteiger partial charge in [0.25, 0.3) is 10.0 Å². The number of carbonyl (C=O) groups is 1. The van der Waals surface area contributed by atoms with Crippen LogP contribution in [0.2, 0.25) is 0 Å². The zero-order valence-corrected chi connectivity index (χ0v) is 17.3. The fourth-order valence-corrected chi connectivity index (χ4v) is 4.48. The molecule has 1 aromatic heterocycles. The maximum atomic E-state index is 13.2. The first-order valence-corrected chi connectivity index (χ1v) is 10.6. The Labute approximate surface area is 169 Å². The van der Waals surface area contributed by atoms with Crippen molar-refractivity contribution >= 4 is 26.9 Å². The number of methoxy groups -OCH3 is 1. The minimum absolute atomic E-state index is 0.0416. The van der Waals surface area contributed by atoms with Gasteiger partial charge in [-0.25, -0.2) is 12.4 Å². The highest BCUT2D eigenvalue weighted by Gasteiger charge is 2.22. The molecule has 29 heavy (non-hydrogen) atoms. The Morgan fingerprint density at radius 2 is 1.76 bits per heavy atom. The van der Waals surface area contributed by atoms with E-state index in [1.807, 2.05) is 13.8 Å². The number of benzene rings is 2. The van der Waals surface area contributed by atoms with Crippen LogP contribution in [0.4, 0.5) is 0 Å². The van der Waals surface area contributed by atoms with Gasteiger partial charge in [-0.3, -0.25) is 4.79 Å². The predicted molar refractivity (Wildman–Crippen MR) is 109 cm³/mol. The zero-order valence-electron chi connectivity index (χ0n) is 16.5. The van der Waals surface area contributed by atoms with Crippen molar-refractivity contribution in [2.24, 2.45) is 0 Å². The third kappa shape index (κ3) is 4.37. The number of aliphatic carboxylic acids is 1. The minimum atomic E-state index is -3.87. The number of hydrogen-bond acceptors (Lipinski definition) is 5. The van der Waals surface area contributed by atoms with Crippen LogP contribution in [0.1, 0.15) is 25.8 Å². The van der Waals surface area contributed by atoms with Gasteiger partial charge in [0.2, 0.25) is 0 Å². The second-order valence-electron chi connectivity index (χ2n) is 6.87. The summed E-state index contributed by atoms with van der Waals surface area (Å²) in [5, 5.41) is 9.71. The predicted octanol–water partition coefficient (Wildman–Crippen LogP) is 3.69. The van der Waals surface area contributed by atoms with Gasteiger partial charge in [0.15, 0.2) is 0 Å². The smallest absolute Gasteiger partial charge is 0.303 e. The van der Waals surface area contributed by atoms with Crippen LogP contribution in [0.25, 0.3) is 10.9 Å². The molecule has 0 amide bonds. The van der Waals surface area contributed by atoms with Crippen LogP contribution in [0.3, 0.4) is 0 Å². The van der Waals surface area contributed by atoms with E-state index in [9.17, 15) is 13.2 Å². The molecule has 3 rings (SSSR count). The molecule has 2 aromatic carbocycles. The van der Waals surface area contributed by atoms with E-state index in [0.29, 0.717) is 28.0 Å². The molecule has 0 unspecified atom stereocenters. The maximum Gasteiger partial charge on any atom is 0.303 e. The highest BCUT2D eigenvalue weighted by molar-refractivity contribution is 7.90. The molecule has 0 spiro atoms. The van der Waals surface area contributed by atoms with Gasteiger partial charge in [-0.05, 0) is 68.3 Å². The number of nitrogens with zero attached hydrogens (tertiary/aromatic N) is 1. The highest BCUT2D eigenvalue weighted by atomic mass is 32.2. The Hall–Kier alpha value is -3.00. The molecule has 0 radical (unpaired) electrons. The summed E-state index contributed by atoms with van der Waals surface area (Å²) < 4.78 is 38.5. The average molecular weight is 417 g/mol. The Balaban J connectivity index is 2.14. The molecular weight excluding hydrogens is 394 g/mol. The summed E-state index contributed by atoms with van der Waals surface area (Å²) in [7, 11) is -2.36. The van der Waals surface area contributed by atoms with Gasteiger partial charge in [0.1, 0.15) is 11.5 Å². The highest BCUT2D eigenvalue weighted by Crippen LogP contribution is 2.31. The topological polar surface area (TPSA) is 94.8 Å². The summed E-state index contributed by atoms with van der Waals surface area (Å²) in [6.07, 6.45) is 1.56. The third-order valence-corrected chi connectivity index (χ3v) is 6.11. The first-order valence-electron chi connectivity index (χ1n) is 9.14. The monoisotopic (exact) mass is 417 g/mol. The summed E-state index contributed by atoms with van der Waals surface area (Å²) in [6, 6.07) is 11.3. The van der Waals surface area contributed by atoms with Crippen LogP contribution in [0, 0.1) is 0 Å². The molecule has 1 heterocycles. The van der Waals surface area contributed by atoms with E-state index in [0.717, 1.165) is 0 Å². The summed E-state index contributed by atoms with van der Waals surface area (Å²) in [4.78, 5) is 11.2. The van der Waals surface area contributed by atoms with Gasteiger partial charge >= 0.3 is 5.97 Å². The van der Waals surface area contributed by atoms with Crippen molar-refractivity contribution in [2.45, 2.75) is 37.7 Å². The standard InChI is InChI=1S/C21H23NO6S/c1-14(2)28-17-7-10-20-19(12-17)15(4-11-21(23)24)13-22(20)29(25,26)18-8-5-16(27-3)6-9-18/h5-10,12-14H,4,11H2,1-3H3,(H,23,24). The van der Waals surface area contributed by atoms with E-state index in [2.05, 4.69) is 0 Å². The van der Waals surface area contributed by atoms with Crippen LogP contribution in [0.5, 0.6) is 11.5 Å². The van der Waals surface area contributed by atoms with Crippen molar-refractivity contribution in [1.82, 2.24) is 3.97 Å². The molecule has 7 nitrogen and oxygen atoms in total. The molecule has 1 N–H and O–H groups in total. The molecular formula is C21H23NO6S. The second-order valence-corrected chi connectivity index (χ2v) is 8.68. The Kier molecular flexibility index (Phi) is 5.83. The number of aryl methyl sites for hydroxylation is 1. The van der Waals surface area contributed by atoms with E-state index in [1.165, 1.54) is 29.4 Å². The second kappa shape index (κ2) is 8.16.